The van der Waals surface area contributed by atoms with Crippen LogP contribution < -0.4 is 10.9 Å². The number of rotatable bonds is 6. The molecule has 25 heavy (non-hydrogen) atoms. The van der Waals surface area contributed by atoms with E-state index in [-0.39, 0.29) is 23.1 Å². The molecule has 2 amide bonds. The highest BCUT2D eigenvalue weighted by molar-refractivity contribution is 5.96. The minimum atomic E-state index is -0.543. The van der Waals surface area contributed by atoms with Gasteiger partial charge in [-0.25, -0.2) is 0 Å². The number of hydrazine groups is 1. The molecule has 7 nitrogen and oxygen atoms in total. The third-order valence-corrected chi connectivity index (χ3v) is 3.74. The Hall–Kier alpha value is -3.22. The molecule has 0 aliphatic rings. The molecule has 2 N–H and O–H groups in total. The third-order valence-electron chi connectivity index (χ3n) is 3.74. The smallest absolute Gasteiger partial charge is 0.269 e. The number of nitro benzene ring substituents is 1. The van der Waals surface area contributed by atoms with Crippen LogP contribution in [0.1, 0.15) is 41.6 Å². The normalized spacial score (nSPS) is 11.4. The Morgan fingerprint density at radius 1 is 1.04 bits per heavy atom. The average Bonchev–Trinajstić information content (AvgIpc) is 2.64. The summed E-state index contributed by atoms with van der Waals surface area (Å²) in [6.07, 6.45) is 1.48. The molecule has 2 aromatic rings. The van der Waals surface area contributed by atoms with Crippen LogP contribution in [0.25, 0.3) is 0 Å². The van der Waals surface area contributed by atoms with Gasteiger partial charge in [0.15, 0.2) is 0 Å². The maximum Gasteiger partial charge on any atom is 0.269 e. The number of nitrogens with one attached hydrogen (secondary N) is 2. The van der Waals surface area contributed by atoms with E-state index in [1.807, 2.05) is 37.3 Å². The maximum absolute atomic E-state index is 12.4. The highest BCUT2D eigenvalue weighted by atomic mass is 16.6. The zero-order chi connectivity index (χ0) is 18.2. The van der Waals surface area contributed by atoms with Crippen molar-refractivity contribution in [3.63, 3.8) is 0 Å². The first-order valence-electron chi connectivity index (χ1n) is 7.92. The largest absolute Gasteiger partial charge is 0.273 e. The second-order valence-corrected chi connectivity index (χ2v) is 5.50. The molecule has 0 saturated carbocycles. The summed E-state index contributed by atoms with van der Waals surface area (Å²) in [6.45, 7) is 1.98. The molecule has 2 rings (SSSR count). The van der Waals surface area contributed by atoms with Crippen molar-refractivity contribution in [2.75, 3.05) is 0 Å². The number of nitro groups is 1. The number of hydrogen-bond acceptors (Lipinski definition) is 4. The molecule has 0 aliphatic heterocycles. The maximum atomic E-state index is 12.4. The van der Waals surface area contributed by atoms with Crippen molar-refractivity contribution in [3.8, 4) is 0 Å². The van der Waals surface area contributed by atoms with Crippen molar-refractivity contribution in [3.05, 3.63) is 75.8 Å². The van der Waals surface area contributed by atoms with Gasteiger partial charge in [0.1, 0.15) is 0 Å². The zero-order valence-electron chi connectivity index (χ0n) is 13.8. The average molecular weight is 341 g/mol. The number of carbonyl (C=O) groups is 2. The Morgan fingerprint density at radius 2 is 1.68 bits per heavy atom. The van der Waals surface area contributed by atoms with Crippen molar-refractivity contribution in [1.82, 2.24) is 10.9 Å². The van der Waals surface area contributed by atoms with Crippen LogP contribution in [0.4, 0.5) is 5.69 Å². The number of carbonyl (C=O) groups excluding carboxylic acids is 2. The van der Waals surface area contributed by atoms with Crippen LogP contribution in [0.15, 0.2) is 54.6 Å². The van der Waals surface area contributed by atoms with E-state index in [1.54, 1.807) is 0 Å². The Kier molecular flexibility index (Phi) is 6.22. The summed E-state index contributed by atoms with van der Waals surface area (Å²) in [5.74, 6) is -1.20. The molecule has 1 unspecified atom stereocenters. The van der Waals surface area contributed by atoms with E-state index in [2.05, 4.69) is 10.9 Å². The number of nitrogens with zero attached hydrogens (tertiary/aromatic N) is 1. The summed E-state index contributed by atoms with van der Waals surface area (Å²) >= 11 is 0. The van der Waals surface area contributed by atoms with Gasteiger partial charge in [0.05, 0.1) is 10.8 Å². The van der Waals surface area contributed by atoms with E-state index >= 15 is 0 Å². The highest BCUT2D eigenvalue weighted by Gasteiger charge is 2.20. The van der Waals surface area contributed by atoms with Crippen LogP contribution in [0.5, 0.6) is 0 Å². The van der Waals surface area contributed by atoms with Gasteiger partial charge in [0.25, 0.3) is 11.6 Å². The van der Waals surface area contributed by atoms with Gasteiger partial charge in [0.2, 0.25) is 5.91 Å². The van der Waals surface area contributed by atoms with Gasteiger partial charge in [-0.2, -0.15) is 0 Å². The van der Waals surface area contributed by atoms with Gasteiger partial charge in [-0.05, 0) is 24.1 Å². The first kappa shape index (κ1) is 18.1. The molecule has 0 heterocycles. The van der Waals surface area contributed by atoms with Gasteiger partial charge >= 0.3 is 0 Å². The van der Waals surface area contributed by atoms with E-state index in [1.165, 1.54) is 24.3 Å². The predicted octanol–water partition coefficient (Wildman–Crippen LogP) is 2.94. The van der Waals surface area contributed by atoms with E-state index in [4.69, 9.17) is 0 Å². The lowest BCUT2D eigenvalue weighted by Crippen LogP contribution is -2.44. The van der Waals surface area contributed by atoms with Crippen molar-refractivity contribution < 1.29 is 14.5 Å². The van der Waals surface area contributed by atoms with E-state index in [0.29, 0.717) is 6.42 Å². The Bertz CT molecular complexity index is 745. The van der Waals surface area contributed by atoms with Crippen LogP contribution in [-0.2, 0) is 4.79 Å². The quantitative estimate of drug-likeness (QED) is 0.623. The molecule has 0 aromatic heterocycles. The summed E-state index contributed by atoms with van der Waals surface area (Å²) in [4.78, 5) is 34.5. The van der Waals surface area contributed by atoms with Gasteiger partial charge in [-0.15, -0.1) is 0 Å². The number of amides is 2. The predicted molar refractivity (Wildman–Crippen MR) is 92.8 cm³/mol. The fourth-order valence-electron chi connectivity index (χ4n) is 2.44. The summed E-state index contributed by atoms with van der Waals surface area (Å²) in [6, 6.07) is 14.5. The van der Waals surface area contributed by atoms with Crippen molar-refractivity contribution in [2.24, 2.45) is 0 Å². The summed E-state index contributed by atoms with van der Waals surface area (Å²) in [7, 11) is 0. The first-order chi connectivity index (χ1) is 12.0. The minimum absolute atomic E-state index is 0.104. The molecule has 0 spiro atoms. The number of non-ortho nitro benzene ring substituents is 1. The molecule has 0 aliphatic carbocycles. The van der Waals surface area contributed by atoms with E-state index in [9.17, 15) is 19.7 Å². The van der Waals surface area contributed by atoms with Crippen molar-refractivity contribution >= 4 is 17.5 Å². The van der Waals surface area contributed by atoms with Crippen molar-refractivity contribution in [1.29, 1.82) is 0 Å². The van der Waals surface area contributed by atoms with E-state index in [0.717, 1.165) is 12.0 Å². The molecule has 0 saturated heterocycles. The summed E-state index contributed by atoms with van der Waals surface area (Å²) < 4.78 is 0. The summed E-state index contributed by atoms with van der Waals surface area (Å²) in [5, 5.41) is 10.6. The SMILES string of the molecule is CCCC(C(=O)NNC(=O)c1ccc([N+](=O)[O-])cc1)c1ccccc1. The molecular weight excluding hydrogens is 322 g/mol. The van der Waals surface area contributed by atoms with Gasteiger partial charge in [-0.1, -0.05) is 43.7 Å². The molecule has 0 radical (unpaired) electrons. The Balaban J connectivity index is 1.99. The molecule has 130 valence electrons. The highest BCUT2D eigenvalue weighted by Crippen LogP contribution is 2.21. The monoisotopic (exact) mass is 341 g/mol. The van der Waals surface area contributed by atoms with Crippen molar-refractivity contribution in [2.45, 2.75) is 25.7 Å². The minimum Gasteiger partial charge on any atom is -0.273 e. The lowest BCUT2D eigenvalue weighted by atomic mass is 9.94. The molecule has 1 atom stereocenters. The topological polar surface area (TPSA) is 101 Å². The third kappa shape index (κ3) is 4.87. The van der Waals surface area contributed by atoms with Crippen LogP contribution >= 0.6 is 0 Å². The zero-order valence-corrected chi connectivity index (χ0v) is 13.8. The molecule has 2 aromatic carbocycles. The molecule has 0 fully saturated rings. The molecule has 0 bridgehead atoms. The van der Waals surface area contributed by atoms with Crippen LogP contribution in [0.3, 0.4) is 0 Å². The van der Waals surface area contributed by atoms with Crippen LogP contribution in [0, 0.1) is 10.1 Å². The standard InChI is InChI=1S/C18H19N3O4/c1-2-6-16(13-7-4-3-5-8-13)18(23)20-19-17(22)14-9-11-15(12-10-14)21(24)25/h3-5,7-12,16H,2,6H2,1H3,(H,19,22)(H,20,23). The van der Waals surface area contributed by atoms with Gasteiger partial charge < -0.3 is 0 Å². The fraction of sp³-hybridized carbons (Fsp3) is 0.222. The second kappa shape index (κ2) is 8.58. The second-order valence-electron chi connectivity index (χ2n) is 5.50. The van der Waals surface area contributed by atoms with Gasteiger partial charge in [0, 0.05) is 17.7 Å². The van der Waals surface area contributed by atoms with E-state index < -0.39 is 10.8 Å². The van der Waals surface area contributed by atoms with Crippen LogP contribution in [0.2, 0.25) is 0 Å². The fourth-order valence-corrected chi connectivity index (χ4v) is 2.44. The summed E-state index contributed by atoms with van der Waals surface area (Å²) in [5.41, 5.74) is 5.77. The number of hydrogen-bond donors (Lipinski definition) is 2. The Morgan fingerprint density at radius 3 is 2.24 bits per heavy atom. The van der Waals surface area contributed by atoms with Gasteiger partial charge in [-0.3, -0.25) is 30.6 Å². The lowest BCUT2D eigenvalue weighted by Gasteiger charge is -2.17. The van der Waals surface area contributed by atoms with Crippen LogP contribution in [-0.4, -0.2) is 16.7 Å². The molecular formula is C18H19N3O4. The first-order valence-corrected chi connectivity index (χ1v) is 7.92. The lowest BCUT2D eigenvalue weighted by molar-refractivity contribution is -0.384. The number of benzene rings is 2. The molecule has 7 heteroatoms. The Labute approximate surface area is 145 Å².